The van der Waals surface area contributed by atoms with Crippen molar-refractivity contribution >= 4 is 11.8 Å². The molecule has 0 heterocycles. The van der Waals surface area contributed by atoms with Crippen LogP contribution >= 0.6 is 11.8 Å². The Balaban J connectivity index is 2.60. The predicted molar refractivity (Wildman–Crippen MR) is 94.2 cm³/mol. The van der Waals surface area contributed by atoms with Gasteiger partial charge in [-0.25, -0.2) is 0 Å². The number of ether oxygens (including phenoxy) is 1. The van der Waals surface area contributed by atoms with E-state index in [1.54, 1.807) is 0 Å². The number of nitrogens with two attached hydrogens (primary N) is 1. The lowest BCUT2D eigenvalue weighted by Gasteiger charge is -2.18. The first kappa shape index (κ1) is 18.3. The number of thioether (sulfide) groups is 1. The molecule has 0 spiro atoms. The van der Waals surface area contributed by atoms with Crippen molar-refractivity contribution in [1.29, 1.82) is 0 Å². The van der Waals surface area contributed by atoms with Crippen molar-refractivity contribution in [2.24, 2.45) is 5.73 Å². The van der Waals surface area contributed by atoms with Crippen LogP contribution in [0, 0.1) is 0 Å². The lowest BCUT2D eigenvalue weighted by atomic mass is 10.1. The molecule has 0 amide bonds. The first-order valence-corrected chi connectivity index (χ1v) is 9.09. The molecule has 0 aromatic heterocycles. The van der Waals surface area contributed by atoms with Crippen LogP contribution in [-0.4, -0.2) is 36.9 Å². The largest absolute Gasteiger partial charge is 0.494 e. The van der Waals surface area contributed by atoms with Crippen molar-refractivity contribution in [3.63, 3.8) is 0 Å². The topological polar surface area (TPSA) is 38.5 Å². The molecule has 1 unspecified atom stereocenters. The number of rotatable bonds is 10. The summed E-state index contributed by atoms with van der Waals surface area (Å²) in [6.45, 7) is 12.6. The molecule has 1 aromatic carbocycles. The maximum atomic E-state index is 5.98. The van der Waals surface area contributed by atoms with E-state index >= 15 is 0 Å². The Morgan fingerprint density at radius 2 is 1.95 bits per heavy atom. The molecule has 4 heteroatoms. The van der Waals surface area contributed by atoms with Gasteiger partial charge in [0, 0.05) is 29.7 Å². The first-order chi connectivity index (χ1) is 10.1. The van der Waals surface area contributed by atoms with Gasteiger partial charge in [-0.05, 0) is 44.6 Å². The van der Waals surface area contributed by atoms with E-state index in [2.05, 4.69) is 36.9 Å². The van der Waals surface area contributed by atoms with Gasteiger partial charge in [0.15, 0.2) is 0 Å². The Morgan fingerprint density at radius 3 is 2.52 bits per heavy atom. The molecule has 1 aromatic rings. The van der Waals surface area contributed by atoms with E-state index in [0.717, 1.165) is 36.9 Å². The maximum Gasteiger partial charge on any atom is 0.123 e. The van der Waals surface area contributed by atoms with E-state index in [-0.39, 0.29) is 6.04 Å². The summed E-state index contributed by atoms with van der Waals surface area (Å²) >= 11 is 1.96. The van der Waals surface area contributed by atoms with Crippen LogP contribution in [0.3, 0.4) is 0 Å². The van der Waals surface area contributed by atoms with Crippen LogP contribution in [0.1, 0.15) is 44.9 Å². The lowest BCUT2D eigenvalue weighted by molar-refractivity contribution is 0.324. The van der Waals surface area contributed by atoms with Crippen molar-refractivity contribution in [2.75, 3.05) is 32.0 Å². The molecular formula is C17H30N2OS. The second kappa shape index (κ2) is 10.1. The number of hydrogen-bond acceptors (Lipinski definition) is 4. The summed E-state index contributed by atoms with van der Waals surface area (Å²) in [6.07, 6.45) is 0. The van der Waals surface area contributed by atoms with Gasteiger partial charge in [0.2, 0.25) is 0 Å². The van der Waals surface area contributed by atoms with Crippen molar-refractivity contribution in [3.8, 4) is 5.75 Å². The van der Waals surface area contributed by atoms with Gasteiger partial charge < -0.3 is 15.4 Å². The highest BCUT2D eigenvalue weighted by Gasteiger charge is 2.08. The smallest absolute Gasteiger partial charge is 0.123 e. The quantitative estimate of drug-likeness (QED) is 0.669. The second-order valence-electron chi connectivity index (χ2n) is 5.17. The molecule has 1 atom stereocenters. The average Bonchev–Trinajstić information content (AvgIpc) is 2.48. The van der Waals surface area contributed by atoms with Gasteiger partial charge in [-0.3, -0.25) is 0 Å². The standard InChI is InChI=1S/C17H30N2OS/c1-5-19(6-2)10-11-21-13-16-12-15(14(4)18)8-9-17(16)20-7-3/h8-9,12,14H,5-7,10-11,13,18H2,1-4H3. The van der Waals surface area contributed by atoms with E-state index in [1.807, 2.05) is 25.6 Å². The summed E-state index contributed by atoms with van der Waals surface area (Å²) in [5, 5.41) is 0. The summed E-state index contributed by atoms with van der Waals surface area (Å²) in [5.74, 6) is 3.13. The first-order valence-electron chi connectivity index (χ1n) is 7.93. The minimum absolute atomic E-state index is 0.0695. The van der Waals surface area contributed by atoms with Crippen LogP contribution in [0.25, 0.3) is 0 Å². The Morgan fingerprint density at radius 1 is 1.24 bits per heavy atom. The maximum absolute atomic E-state index is 5.98. The predicted octanol–water partition coefficient (Wildman–Crippen LogP) is 3.68. The van der Waals surface area contributed by atoms with Crippen molar-refractivity contribution in [3.05, 3.63) is 29.3 Å². The van der Waals surface area contributed by atoms with Crippen LogP contribution in [0.2, 0.25) is 0 Å². The van der Waals surface area contributed by atoms with Crippen LogP contribution in [0.5, 0.6) is 5.75 Å². The summed E-state index contributed by atoms with van der Waals surface area (Å²) in [4.78, 5) is 2.45. The molecule has 0 aliphatic carbocycles. The molecule has 0 radical (unpaired) electrons. The molecule has 120 valence electrons. The Hall–Kier alpha value is -0.710. The highest BCUT2D eigenvalue weighted by molar-refractivity contribution is 7.98. The molecule has 0 aliphatic heterocycles. The third-order valence-electron chi connectivity index (χ3n) is 3.61. The van der Waals surface area contributed by atoms with E-state index in [1.165, 1.54) is 11.1 Å². The zero-order chi connectivity index (χ0) is 15.7. The third kappa shape index (κ3) is 6.29. The fourth-order valence-electron chi connectivity index (χ4n) is 2.21. The van der Waals surface area contributed by atoms with Gasteiger partial charge in [-0.2, -0.15) is 11.8 Å². The van der Waals surface area contributed by atoms with Gasteiger partial charge in [0.1, 0.15) is 5.75 Å². The van der Waals surface area contributed by atoms with Crippen molar-refractivity contribution in [2.45, 2.75) is 39.5 Å². The zero-order valence-corrected chi connectivity index (χ0v) is 14.7. The molecule has 0 saturated carbocycles. The van der Waals surface area contributed by atoms with Crippen LogP contribution in [-0.2, 0) is 5.75 Å². The lowest BCUT2D eigenvalue weighted by Crippen LogP contribution is -2.25. The van der Waals surface area contributed by atoms with Crippen molar-refractivity contribution < 1.29 is 4.74 Å². The Kier molecular flexibility index (Phi) is 8.81. The fraction of sp³-hybridized carbons (Fsp3) is 0.647. The summed E-state index contributed by atoms with van der Waals surface area (Å²) in [6, 6.07) is 6.39. The highest BCUT2D eigenvalue weighted by Crippen LogP contribution is 2.26. The molecular weight excluding hydrogens is 280 g/mol. The van der Waals surface area contributed by atoms with E-state index in [0.29, 0.717) is 6.61 Å². The Bertz CT molecular complexity index is 406. The minimum atomic E-state index is 0.0695. The molecule has 0 aliphatic rings. The zero-order valence-electron chi connectivity index (χ0n) is 13.9. The minimum Gasteiger partial charge on any atom is -0.494 e. The average molecular weight is 311 g/mol. The Labute approximate surface area is 134 Å². The SMILES string of the molecule is CCOc1ccc(C(C)N)cc1CSCCN(CC)CC. The van der Waals surface area contributed by atoms with Gasteiger partial charge in [0.05, 0.1) is 6.61 Å². The summed E-state index contributed by atoms with van der Waals surface area (Å²) in [7, 11) is 0. The monoisotopic (exact) mass is 310 g/mol. The van der Waals surface area contributed by atoms with Gasteiger partial charge in [-0.1, -0.05) is 19.9 Å². The molecule has 0 fully saturated rings. The van der Waals surface area contributed by atoms with Gasteiger partial charge in [0.25, 0.3) is 0 Å². The van der Waals surface area contributed by atoms with Crippen molar-refractivity contribution in [1.82, 2.24) is 4.90 Å². The molecule has 21 heavy (non-hydrogen) atoms. The highest BCUT2D eigenvalue weighted by atomic mass is 32.2. The molecule has 3 nitrogen and oxygen atoms in total. The molecule has 2 N–H and O–H groups in total. The summed E-state index contributed by atoms with van der Waals surface area (Å²) < 4.78 is 5.73. The fourth-order valence-corrected chi connectivity index (χ4v) is 3.18. The number of hydrogen-bond donors (Lipinski definition) is 1. The van der Waals surface area contributed by atoms with E-state index < -0.39 is 0 Å². The van der Waals surface area contributed by atoms with Gasteiger partial charge >= 0.3 is 0 Å². The molecule has 0 saturated heterocycles. The summed E-state index contributed by atoms with van der Waals surface area (Å²) in [5.41, 5.74) is 8.42. The van der Waals surface area contributed by atoms with E-state index in [4.69, 9.17) is 10.5 Å². The normalized spacial score (nSPS) is 12.7. The second-order valence-corrected chi connectivity index (χ2v) is 6.27. The molecule has 0 bridgehead atoms. The third-order valence-corrected chi connectivity index (χ3v) is 4.60. The van der Waals surface area contributed by atoms with Crippen LogP contribution in [0.4, 0.5) is 0 Å². The number of nitrogens with zero attached hydrogens (tertiary/aromatic N) is 1. The number of benzene rings is 1. The molecule has 1 rings (SSSR count). The van der Waals surface area contributed by atoms with Gasteiger partial charge in [-0.15, -0.1) is 0 Å². The van der Waals surface area contributed by atoms with E-state index in [9.17, 15) is 0 Å². The van der Waals surface area contributed by atoms with Crippen LogP contribution in [0.15, 0.2) is 18.2 Å². The van der Waals surface area contributed by atoms with Crippen LogP contribution < -0.4 is 10.5 Å².